The standard InChI is InChI=1S/C11H12N2O2.C6H9F2N/c14-10-7-6-9(11(15)13-10)12-8-4-2-1-3-5-8;7-6(8)4-1-2-9-3-5(4)6/h1-5,9,12H,6-7H2,(H,13,14,15);4-5,9H,1-3H2. The fourth-order valence-electron chi connectivity index (χ4n) is 3.21. The van der Waals surface area contributed by atoms with Crippen molar-refractivity contribution in [3.8, 4) is 0 Å². The van der Waals surface area contributed by atoms with Crippen LogP contribution in [0.2, 0.25) is 0 Å². The summed E-state index contributed by atoms with van der Waals surface area (Å²) in [6, 6.07) is 9.19. The van der Waals surface area contributed by atoms with Crippen molar-refractivity contribution in [1.29, 1.82) is 0 Å². The van der Waals surface area contributed by atoms with E-state index >= 15 is 0 Å². The number of carbonyl (C=O) groups is 2. The zero-order valence-electron chi connectivity index (χ0n) is 13.2. The summed E-state index contributed by atoms with van der Waals surface area (Å²) in [5.74, 6) is -3.35. The average molecular weight is 337 g/mol. The van der Waals surface area contributed by atoms with E-state index < -0.39 is 5.92 Å². The number of alkyl halides is 2. The van der Waals surface area contributed by atoms with Gasteiger partial charge in [-0.1, -0.05) is 18.2 Å². The summed E-state index contributed by atoms with van der Waals surface area (Å²) in [6.07, 6.45) is 1.62. The molecule has 130 valence electrons. The van der Waals surface area contributed by atoms with Crippen molar-refractivity contribution < 1.29 is 18.4 Å². The van der Waals surface area contributed by atoms with Crippen molar-refractivity contribution in [3.05, 3.63) is 30.3 Å². The Labute approximate surface area is 139 Å². The molecular weight excluding hydrogens is 316 g/mol. The van der Waals surface area contributed by atoms with Crippen molar-refractivity contribution >= 4 is 17.5 Å². The third-order valence-corrected chi connectivity index (χ3v) is 4.72. The van der Waals surface area contributed by atoms with E-state index in [0.717, 1.165) is 12.2 Å². The molecule has 1 aromatic rings. The van der Waals surface area contributed by atoms with Crippen molar-refractivity contribution in [1.82, 2.24) is 10.6 Å². The van der Waals surface area contributed by atoms with Crippen molar-refractivity contribution in [2.45, 2.75) is 31.2 Å². The number of piperidine rings is 2. The van der Waals surface area contributed by atoms with Gasteiger partial charge in [-0.3, -0.25) is 14.9 Å². The molecule has 1 aromatic carbocycles. The van der Waals surface area contributed by atoms with Crippen molar-refractivity contribution in [2.75, 3.05) is 18.4 Å². The Morgan fingerprint density at radius 2 is 1.83 bits per heavy atom. The van der Waals surface area contributed by atoms with Gasteiger partial charge in [0, 0.05) is 30.5 Å². The maximum atomic E-state index is 12.5. The van der Waals surface area contributed by atoms with Crippen LogP contribution in [0.4, 0.5) is 14.5 Å². The first kappa shape index (κ1) is 16.8. The Bertz CT molecular complexity index is 595. The van der Waals surface area contributed by atoms with E-state index in [1.54, 1.807) is 0 Å². The molecular formula is C17H21F2N3O2. The predicted octanol–water partition coefficient (Wildman–Crippen LogP) is 1.76. The Hall–Kier alpha value is -2.02. The average Bonchev–Trinajstić information content (AvgIpc) is 3.14. The highest BCUT2D eigenvalue weighted by Crippen LogP contribution is 2.57. The van der Waals surface area contributed by atoms with Crippen LogP contribution in [-0.4, -0.2) is 36.9 Å². The number of hydrogen-bond donors (Lipinski definition) is 3. The molecule has 2 heterocycles. The van der Waals surface area contributed by atoms with E-state index in [1.807, 2.05) is 30.3 Å². The SMILES string of the molecule is FC1(F)C2CCNCC21.O=C1CCC(Nc2ccccc2)C(=O)N1. The van der Waals surface area contributed by atoms with E-state index in [0.29, 0.717) is 25.8 Å². The first-order chi connectivity index (χ1) is 11.5. The van der Waals surface area contributed by atoms with Gasteiger partial charge < -0.3 is 10.6 Å². The van der Waals surface area contributed by atoms with Crippen LogP contribution in [0.5, 0.6) is 0 Å². The Kier molecular flexibility index (Phi) is 4.80. The monoisotopic (exact) mass is 337 g/mol. The molecule has 1 aliphatic carbocycles. The summed E-state index contributed by atoms with van der Waals surface area (Å²) in [7, 11) is 0. The molecule has 0 radical (unpaired) electrons. The lowest BCUT2D eigenvalue weighted by atomic mass is 10.1. The fourth-order valence-corrected chi connectivity index (χ4v) is 3.21. The van der Waals surface area contributed by atoms with E-state index in [4.69, 9.17) is 0 Å². The normalized spacial score (nSPS) is 30.3. The molecule has 5 nitrogen and oxygen atoms in total. The third kappa shape index (κ3) is 3.72. The molecule has 3 aliphatic rings. The number of nitrogens with one attached hydrogen (secondary N) is 3. The largest absolute Gasteiger partial charge is 0.374 e. The summed E-state index contributed by atoms with van der Waals surface area (Å²) in [5, 5.41) is 8.35. The molecule has 3 atom stereocenters. The van der Waals surface area contributed by atoms with Crippen LogP contribution in [0, 0.1) is 11.8 Å². The molecule has 0 aromatic heterocycles. The molecule has 3 fully saturated rings. The number of benzene rings is 1. The molecule has 3 unspecified atom stereocenters. The molecule has 0 spiro atoms. The predicted molar refractivity (Wildman–Crippen MR) is 85.7 cm³/mol. The number of halogens is 2. The third-order valence-electron chi connectivity index (χ3n) is 4.72. The van der Waals surface area contributed by atoms with Crippen LogP contribution in [0.15, 0.2) is 30.3 Å². The molecule has 4 rings (SSSR count). The highest BCUT2D eigenvalue weighted by Gasteiger charge is 2.67. The maximum Gasteiger partial charge on any atom is 0.255 e. The molecule has 3 N–H and O–H groups in total. The van der Waals surface area contributed by atoms with E-state index in [9.17, 15) is 18.4 Å². The molecule has 2 aliphatic heterocycles. The lowest BCUT2D eigenvalue weighted by Crippen LogP contribution is -2.47. The second kappa shape index (κ2) is 6.84. The first-order valence-corrected chi connectivity index (χ1v) is 8.22. The van der Waals surface area contributed by atoms with Gasteiger partial charge in [-0.25, -0.2) is 8.78 Å². The lowest BCUT2D eigenvalue weighted by molar-refractivity contribution is -0.133. The zero-order valence-corrected chi connectivity index (χ0v) is 13.2. The van der Waals surface area contributed by atoms with Crippen LogP contribution in [0.3, 0.4) is 0 Å². The van der Waals surface area contributed by atoms with Gasteiger partial charge in [-0.15, -0.1) is 0 Å². The number of rotatable bonds is 2. The number of para-hydroxylation sites is 1. The highest BCUT2D eigenvalue weighted by atomic mass is 19.3. The second-order valence-corrected chi connectivity index (χ2v) is 6.39. The summed E-state index contributed by atoms with van der Waals surface area (Å²) in [6.45, 7) is 1.30. The van der Waals surface area contributed by atoms with Crippen LogP contribution >= 0.6 is 0 Å². The molecule has 24 heavy (non-hydrogen) atoms. The minimum absolute atomic E-state index is 0.189. The van der Waals surface area contributed by atoms with Crippen molar-refractivity contribution in [3.63, 3.8) is 0 Å². The number of carbonyl (C=O) groups excluding carboxylic acids is 2. The fraction of sp³-hybridized carbons (Fsp3) is 0.529. The van der Waals surface area contributed by atoms with Gasteiger partial charge in [0.05, 0.1) is 0 Å². The maximum absolute atomic E-state index is 12.5. The highest BCUT2D eigenvalue weighted by molar-refractivity contribution is 6.01. The van der Waals surface area contributed by atoms with Gasteiger partial charge in [0.15, 0.2) is 0 Å². The van der Waals surface area contributed by atoms with Gasteiger partial charge in [-0.2, -0.15) is 0 Å². The summed E-state index contributed by atoms with van der Waals surface area (Å²) in [4.78, 5) is 22.3. The summed E-state index contributed by atoms with van der Waals surface area (Å²) in [5.41, 5.74) is 0.895. The van der Waals surface area contributed by atoms with Crippen LogP contribution in [0.25, 0.3) is 0 Å². The lowest BCUT2D eigenvalue weighted by Gasteiger charge is -2.22. The Morgan fingerprint density at radius 3 is 2.42 bits per heavy atom. The van der Waals surface area contributed by atoms with E-state index in [2.05, 4.69) is 16.0 Å². The smallest absolute Gasteiger partial charge is 0.255 e. The van der Waals surface area contributed by atoms with Gasteiger partial charge >= 0.3 is 0 Å². The molecule has 2 saturated heterocycles. The molecule has 1 saturated carbocycles. The zero-order chi connectivity index (χ0) is 17.2. The number of amides is 2. The first-order valence-electron chi connectivity index (χ1n) is 8.22. The second-order valence-electron chi connectivity index (χ2n) is 6.39. The number of imide groups is 1. The van der Waals surface area contributed by atoms with Crippen LogP contribution in [-0.2, 0) is 9.59 Å². The van der Waals surface area contributed by atoms with Crippen molar-refractivity contribution in [2.24, 2.45) is 11.8 Å². The summed E-state index contributed by atoms with van der Waals surface area (Å²) < 4.78 is 24.9. The van der Waals surface area contributed by atoms with Gasteiger partial charge in [0.2, 0.25) is 11.8 Å². The molecule has 7 heteroatoms. The Balaban J connectivity index is 0.000000159. The number of anilines is 1. The molecule has 2 amide bonds. The Morgan fingerprint density at radius 1 is 1.08 bits per heavy atom. The molecule has 0 bridgehead atoms. The van der Waals surface area contributed by atoms with Gasteiger partial charge in [-0.05, 0) is 31.5 Å². The van der Waals surface area contributed by atoms with Crippen LogP contribution < -0.4 is 16.0 Å². The van der Waals surface area contributed by atoms with Crippen LogP contribution in [0.1, 0.15) is 19.3 Å². The van der Waals surface area contributed by atoms with Gasteiger partial charge in [0.25, 0.3) is 5.92 Å². The minimum atomic E-state index is -2.32. The van der Waals surface area contributed by atoms with E-state index in [-0.39, 0.29) is 29.7 Å². The minimum Gasteiger partial charge on any atom is -0.374 e. The topological polar surface area (TPSA) is 70.2 Å². The van der Waals surface area contributed by atoms with Gasteiger partial charge in [0.1, 0.15) is 6.04 Å². The quantitative estimate of drug-likeness (QED) is 0.720. The summed E-state index contributed by atoms with van der Waals surface area (Å²) >= 11 is 0. The van der Waals surface area contributed by atoms with E-state index in [1.165, 1.54) is 0 Å². The number of fused-ring (bicyclic) bond motifs is 1. The number of hydrogen-bond acceptors (Lipinski definition) is 4.